The SMILES string of the molecule is OCc1ccc(Cl)cc1N(Cc1cccs1)C1CC1. The predicted molar refractivity (Wildman–Crippen MR) is 80.9 cm³/mol. The summed E-state index contributed by atoms with van der Waals surface area (Å²) in [7, 11) is 0. The van der Waals surface area contributed by atoms with Crippen molar-refractivity contribution in [2.45, 2.75) is 32.0 Å². The second-order valence-electron chi connectivity index (χ2n) is 4.87. The van der Waals surface area contributed by atoms with Gasteiger partial charge in [0.05, 0.1) is 13.2 Å². The maximum absolute atomic E-state index is 9.52. The van der Waals surface area contributed by atoms with E-state index in [0.29, 0.717) is 6.04 Å². The zero-order valence-electron chi connectivity index (χ0n) is 10.6. The smallest absolute Gasteiger partial charge is 0.0702 e. The van der Waals surface area contributed by atoms with Crippen molar-refractivity contribution in [2.24, 2.45) is 0 Å². The average molecular weight is 294 g/mol. The Kier molecular flexibility index (Phi) is 3.78. The fourth-order valence-electron chi connectivity index (χ4n) is 2.31. The second kappa shape index (κ2) is 5.53. The highest BCUT2D eigenvalue weighted by atomic mass is 35.5. The van der Waals surface area contributed by atoms with E-state index in [-0.39, 0.29) is 6.61 Å². The van der Waals surface area contributed by atoms with Crippen LogP contribution in [0.3, 0.4) is 0 Å². The summed E-state index contributed by atoms with van der Waals surface area (Å²) in [6, 6.07) is 10.6. The molecule has 0 atom stereocenters. The van der Waals surface area contributed by atoms with Crippen LogP contribution in [0.25, 0.3) is 0 Å². The Hall–Kier alpha value is -1.03. The van der Waals surface area contributed by atoms with E-state index in [1.54, 1.807) is 11.3 Å². The maximum atomic E-state index is 9.52. The molecule has 1 aromatic heterocycles. The molecule has 100 valence electrons. The van der Waals surface area contributed by atoms with Crippen LogP contribution in [0.15, 0.2) is 35.7 Å². The van der Waals surface area contributed by atoms with Gasteiger partial charge in [0.1, 0.15) is 0 Å². The first-order valence-corrected chi connectivity index (χ1v) is 7.72. The molecule has 1 heterocycles. The predicted octanol–water partition coefficient (Wildman–Crippen LogP) is 4.06. The zero-order chi connectivity index (χ0) is 13.2. The number of halogens is 1. The van der Waals surface area contributed by atoms with E-state index in [1.165, 1.54) is 17.7 Å². The van der Waals surface area contributed by atoms with Gasteiger partial charge in [0.2, 0.25) is 0 Å². The van der Waals surface area contributed by atoms with E-state index >= 15 is 0 Å². The molecule has 0 spiro atoms. The zero-order valence-corrected chi connectivity index (χ0v) is 12.1. The van der Waals surface area contributed by atoms with Crippen LogP contribution in [0.4, 0.5) is 5.69 Å². The van der Waals surface area contributed by atoms with Crippen molar-refractivity contribution in [1.29, 1.82) is 0 Å². The number of rotatable bonds is 5. The quantitative estimate of drug-likeness (QED) is 0.898. The van der Waals surface area contributed by atoms with Crippen LogP contribution < -0.4 is 4.90 Å². The van der Waals surface area contributed by atoms with Gasteiger partial charge in [0, 0.05) is 27.2 Å². The lowest BCUT2D eigenvalue weighted by atomic mass is 10.1. The minimum absolute atomic E-state index is 0.0557. The minimum atomic E-state index is 0.0557. The van der Waals surface area contributed by atoms with Gasteiger partial charge in [-0.1, -0.05) is 23.7 Å². The molecule has 1 fully saturated rings. The van der Waals surface area contributed by atoms with Crippen molar-refractivity contribution in [3.05, 3.63) is 51.2 Å². The molecule has 4 heteroatoms. The first-order valence-electron chi connectivity index (χ1n) is 6.46. The van der Waals surface area contributed by atoms with Crippen LogP contribution in [0.1, 0.15) is 23.3 Å². The van der Waals surface area contributed by atoms with Crippen LogP contribution in [-0.4, -0.2) is 11.1 Å². The van der Waals surface area contributed by atoms with Gasteiger partial charge < -0.3 is 10.0 Å². The van der Waals surface area contributed by atoms with Crippen molar-refractivity contribution in [1.82, 2.24) is 0 Å². The molecule has 2 nitrogen and oxygen atoms in total. The summed E-state index contributed by atoms with van der Waals surface area (Å²) in [4.78, 5) is 3.72. The van der Waals surface area contributed by atoms with Crippen molar-refractivity contribution in [3.8, 4) is 0 Å². The van der Waals surface area contributed by atoms with Gasteiger partial charge >= 0.3 is 0 Å². The Morgan fingerprint density at radius 3 is 2.79 bits per heavy atom. The van der Waals surface area contributed by atoms with Crippen LogP contribution >= 0.6 is 22.9 Å². The lowest BCUT2D eigenvalue weighted by molar-refractivity contribution is 0.282. The van der Waals surface area contributed by atoms with Gasteiger partial charge in [0.25, 0.3) is 0 Å². The molecule has 0 radical (unpaired) electrons. The summed E-state index contributed by atoms with van der Waals surface area (Å²) in [5, 5.41) is 12.3. The van der Waals surface area contributed by atoms with Gasteiger partial charge in [-0.05, 0) is 36.4 Å². The lowest BCUT2D eigenvalue weighted by Crippen LogP contribution is -2.25. The third-order valence-corrected chi connectivity index (χ3v) is 4.52. The molecule has 1 N–H and O–H groups in total. The third-order valence-electron chi connectivity index (χ3n) is 3.42. The Bertz CT molecular complexity index is 551. The summed E-state index contributed by atoms with van der Waals surface area (Å²) in [5.41, 5.74) is 2.03. The summed E-state index contributed by atoms with van der Waals surface area (Å²) < 4.78 is 0. The second-order valence-corrected chi connectivity index (χ2v) is 6.34. The van der Waals surface area contributed by atoms with Crippen LogP contribution in [-0.2, 0) is 13.2 Å². The maximum Gasteiger partial charge on any atom is 0.0702 e. The van der Waals surface area contributed by atoms with Crippen LogP contribution in [0.5, 0.6) is 0 Å². The Balaban J connectivity index is 1.93. The molecule has 0 aliphatic heterocycles. The standard InChI is InChI=1S/C15H16ClNOS/c16-12-4-3-11(10-18)15(8-12)17(13-5-6-13)9-14-2-1-7-19-14/h1-4,7-8,13,18H,5-6,9-10H2. The topological polar surface area (TPSA) is 23.5 Å². The van der Waals surface area contributed by atoms with E-state index < -0.39 is 0 Å². The molecule has 1 aromatic carbocycles. The number of hydrogen-bond acceptors (Lipinski definition) is 3. The highest BCUT2D eigenvalue weighted by Gasteiger charge is 2.30. The number of thiophene rings is 1. The fraction of sp³-hybridized carbons (Fsp3) is 0.333. The van der Waals surface area contributed by atoms with Crippen molar-refractivity contribution in [3.63, 3.8) is 0 Å². The summed E-state index contributed by atoms with van der Waals surface area (Å²) >= 11 is 7.89. The number of aliphatic hydroxyl groups excluding tert-OH is 1. The van der Waals surface area contributed by atoms with Crippen LogP contribution in [0.2, 0.25) is 5.02 Å². The number of aliphatic hydroxyl groups is 1. The third kappa shape index (κ3) is 2.94. The molecule has 0 unspecified atom stereocenters. The largest absolute Gasteiger partial charge is 0.392 e. The summed E-state index contributed by atoms with van der Waals surface area (Å²) in [6.45, 7) is 0.954. The monoisotopic (exact) mass is 293 g/mol. The van der Waals surface area contributed by atoms with Crippen molar-refractivity contribution >= 4 is 28.6 Å². The Labute approximate surface area is 122 Å². The summed E-state index contributed by atoms with van der Waals surface area (Å²) in [6.07, 6.45) is 2.45. The first-order chi connectivity index (χ1) is 9.28. The lowest BCUT2D eigenvalue weighted by Gasteiger charge is -2.26. The molecule has 0 bridgehead atoms. The molecule has 19 heavy (non-hydrogen) atoms. The highest BCUT2D eigenvalue weighted by molar-refractivity contribution is 7.09. The molecule has 1 aliphatic rings. The number of hydrogen-bond donors (Lipinski definition) is 1. The molecular weight excluding hydrogens is 278 g/mol. The van der Waals surface area contributed by atoms with E-state index in [2.05, 4.69) is 22.4 Å². The molecule has 1 saturated carbocycles. The van der Waals surface area contributed by atoms with Gasteiger partial charge in [-0.2, -0.15) is 0 Å². The number of anilines is 1. The first kappa shape index (κ1) is 13.0. The van der Waals surface area contributed by atoms with E-state index in [1.807, 2.05) is 18.2 Å². The molecule has 0 amide bonds. The van der Waals surface area contributed by atoms with Gasteiger partial charge in [-0.3, -0.25) is 0 Å². The van der Waals surface area contributed by atoms with Gasteiger partial charge in [-0.15, -0.1) is 11.3 Å². The molecule has 1 aliphatic carbocycles. The average Bonchev–Trinajstić information content (AvgIpc) is 3.13. The Morgan fingerprint density at radius 1 is 1.32 bits per heavy atom. The van der Waals surface area contributed by atoms with E-state index in [4.69, 9.17) is 11.6 Å². The van der Waals surface area contributed by atoms with Gasteiger partial charge in [-0.25, -0.2) is 0 Å². The Morgan fingerprint density at radius 2 is 2.16 bits per heavy atom. The normalized spacial score (nSPS) is 14.6. The van der Waals surface area contributed by atoms with E-state index in [9.17, 15) is 5.11 Å². The summed E-state index contributed by atoms with van der Waals surface area (Å²) in [5.74, 6) is 0. The van der Waals surface area contributed by atoms with Crippen molar-refractivity contribution in [2.75, 3.05) is 4.90 Å². The van der Waals surface area contributed by atoms with Crippen molar-refractivity contribution < 1.29 is 5.11 Å². The molecule has 3 rings (SSSR count). The number of nitrogens with zero attached hydrogens (tertiary/aromatic N) is 1. The van der Waals surface area contributed by atoms with E-state index in [0.717, 1.165) is 22.8 Å². The fourth-order valence-corrected chi connectivity index (χ4v) is 3.17. The number of benzene rings is 1. The molecule has 2 aromatic rings. The molecule has 0 saturated heterocycles. The van der Waals surface area contributed by atoms with Crippen LogP contribution in [0, 0.1) is 0 Å². The highest BCUT2D eigenvalue weighted by Crippen LogP contribution is 2.36. The van der Waals surface area contributed by atoms with Gasteiger partial charge in [0.15, 0.2) is 0 Å². The minimum Gasteiger partial charge on any atom is -0.392 e. The molecular formula is C15H16ClNOS.